The third-order valence-corrected chi connectivity index (χ3v) is 7.07. The van der Waals surface area contributed by atoms with Crippen LogP contribution in [0.3, 0.4) is 0 Å². The zero-order chi connectivity index (χ0) is 28.0. The van der Waals surface area contributed by atoms with Gasteiger partial charge in [0.15, 0.2) is 5.78 Å². The number of nitrogens with one attached hydrogen (secondary N) is 2. The number of carbonyl (C=O) groups is 2. The van der Waals surface area contributed by atoms with Gasteiger partial charge in [0.2, 0.25) is 0 Å². The number of amides is 1. The van der Waals surface area contributed by atoms with Crippen LogP contribution in [-0.2, 0) is 6.42 Å². The lowest BCUT2D eigenvalue weighted by molar-refractivity contribution is 0.0934. The summed E-state index contributed by atoms with van der Waals surface area (Å²) in [6.07, 6.45) is 8.38. The van der Waals surface area contributed by atoms with E-state index in [4.69, 9.17) is 5.41 Å². The number of carbonyl (C=O) groups excluding carboxylic acids is 2. The number of benzene rings is 3. The van der Waals surface area contributed by atoms with Crippen molar-refractivity contribution in [2.75, 3.05) is 20.1 Å². The molecule has 206 valence electrons. The molecule has 0 bridgehead atoms. The third kappa shape index (κ3) is 9.29. The number of rotatable bonds is 16. The maximum atomic E-state index is 13.7. The molecular weight excluding hydrogens is 482 g/mol. The van der Waals surface area contributed by atoms with Crippen molar-refractivity contribution in [1.29, 1.82) is 5.41 Å². The Morgan fingerprint density at radius 3 is 2.31 bits per heavy atom. The summed E-state index contributed by atoms with van der Waals surface area (Å²) in [5.74, 6) is -0.185. The van der Waals surface area contributed by atoms with E-state index < -0.39 is 0 Å². The molecule has 0 radical (unpaired) electrons. The second kappa shape index (κ2) is 15.7. The fraction of sp³-hybridized carbons (Fsp3) is 0.382. The van der Waals surface area contributed by atoms with Crippen molar-refractivity contribution in [1.82, 2.24) is 10.2 Å². The lowest BCUT2D eigenvalue weighted by atomic mass is 9.94. The van der Waals surface area contributed by atoms with E-state index in [9.17, 15) is 9.59 Å². The summed E-state index contributed by atoms with van der Waals surface area (Å²) >= 11 is 0. The predicted molar refractivity (Wildman–Crippen MR) is 162 cm³/mol. The molecule has 0 saturated carbocycles. The molecule has 0 unspecified atom stereocenters. The number of hydrogen-bond donors (Lipinski definition) is 2. The zero-order valence-corrected chi connectivity index (χ0v) is 23.7. The predicted octanol–water partition coefficient (Wildman–Crippen LogP) is 7.19. The largest absolute Gasteiger partial charge is 0.349 e. The lowest BCUT2D eigenvalue weighted by Crippen LogP contribution is -2.36. The molecule has 1 atom stereocenters. The van der Waals surface area contributed by atoms with Gasteiger partial charge >= 0.3 is 0 Å². The number of likely N-dealkylation sites (N-methyl/N-ethyl adjacent to an activating group) is 1. The summed E-state index contributed by atoms with van der Waals surface area (Å²) < 4.78 is 0. The molecule has 2 N–H and O–H groups in total. The molecule has 39 heavy (non-hydrogen) atoms. The summed E-state index contributed by atoms with van der Waals surface area (Å²) in [4.78, 5) is 29.1. The summed E-state index contributed by atoms with van der Waals surface area (Å²) in [6.45, 7) is 5.47. The standard InChI is InChI=1S/C34H43N3O2/c1-4-6-9-17-31(20-26-14-10-8-11-15-26)36-34(39)30-22-28(32-18-13-12-16-27(32)24-35)21-29(23-30)33(38)25-37(3)19-7-5-2/h8,10-16,18,21-24,31,35H,4-7,9,17,19-20,25H2,1-3H3,(H,36,39)/t31-/m1/s1. The minimum Gasteiger partial charge on any atom is -0.349 e. The molecule has 5 heteroatoms. The molecule has 0 spiro atoms. The lowest BCUT2D eigenvalue weighted by Gasteiger charge is -2.20. The average molecular weight is 526 g/mol. The molecule has 0 aromatic heterocycles. The first-order chi connectivity index (χ1) is 18.9. The van der Waals surface area contributed by atoms with E-state index in [0.717, 1.165) is 68.2 Å². The summed E-state index contributed by atoms with van der Waals surface area (Å²) in [5, 5.41) is 11.1. The topological polar surface area (TPSA) is 73.3 Å². The Bertz CT molecular complexity index is 1220. The van der Waals surface area contributed by atoms with Crippen molar-refractivity contribution in [3.8, 4) is 11.1 Å². The summed E-state index contributed by atoms with van der Waals surface area (Å²) in [5.41, 5.74) is 4.53. The Hall–Kier alpha value is -3.57. The molecule has 0 saturated heterocycles. The van der Waals surface area contributed by atoms with Gasteiger partial charge in [-0.2, -0.15) is 0 Å². The first-order valence-electron chi connectivity index (χ1n) is 14.3. The number of hydrogen-bond acceptors (Lipinski definition) is 4. The Labute approximate surface area is 234 Å². The molecule has 0 aliphatic heterocycles. The fourth-order valence-electron chi connectivity index (χ4n) is 4.84. The maximum absolute atomic E-state index is 13.7. The van der Waals surface area contributed by atoms with Crippen LogP contribution in [0.4, 0.5) is 0 Å². The Kier molecular flexibility index (Phi) is 12.1. The Morgan fingerprint density at radius 1 is 0.897 bits per heavy atom. The van der Waals surface area contributed by atoms with Gasteiger partial charge in [-0.05, 0) is 73.3 Å². The van der Waals surface area contributed by atoms with Gasteiger partial charge in [-0.1, -0.05) is 94.1 Å². The molecule has 3 aromatic carbocycles. The second-order valence-corrected chi connectivity index (χ2v) is 10.4. The monoisotopic (exact) mass is 525 g/mol. The number of nitrogens with zero attached hydrogens (tertiary/aromatic N) is 1. The van der Waals surface area contributed by atoms with E-state index in [0.29, 0.717) is 17.7 Å². The van der Waals surface area contributed by atoms with Crippen LogP contribution in [-0.4, -0.2) is 49.0 Å². The number of ketones is 1. The van der Waals surface area contributed by atoms with Crippen LogP contribution in [0.5, 0.6) is 0 Å². The molecular formula is C34H43N3O2. The highest BCUT2D eigenvalue weighted by Crippen LogP contribution is 2.26. The zero-order valence-electron chi connectivity index (χ0n) is 23.7. The van der Waals surface area contributed by atoms with Gasteiger partial charge in [-0.3, -0.25) is 14.5 Å². The van der Waals surface area contributed by atoms with Crippen molar-refractivity contribution in [2.24, 2.45) is 0 Å². The van der Waals surface area contributed by atoms with Gasteiger partial charge in [-0.25, -0.2) is 0 Å². The van der Waals surface area contributed by atoms with Crippen LogP contribution in [0.25, 0.3) is 11.1 Å². The molecule has 5 nitrogen and oxygen atoms in total. The quantitative estimate of drug-likeness (QED) is 0.118. The van der Waals surface area contributed by atoms with E-state index in [1.165, 1.54) is 11.8 Å². The summed E-state index contributed by atoms with van der Waals surface area (Å²) in [7, 11) is 1.96. The van der Waals surface area contributed by atoms with Crippen molar-refractivity contribution in [2.45, 2.75) is 64.8 Å². The highest BCUT2D eigenvalue weighted by Gasteiger charge is 2.19. The molecule has 3 rings (SSSR count). The minimum absolute atomic E-state index is 0.00305. The van der Waals surface area contributed by atoms with Crippen molar-refractivity contribution >= 4 is 17.9 Å². The van der Waals surface area contributed by atoms with E-state index >= 15 is 0 Å². The molecule has 0 heterocycles. The van der Waals surface area contributed by atoms with Crippen molar-refractivity contribution < 1.29 is 9.59 Å². The van der Waals surface area contributed by atoms with Crippen LogP contribution in [0, 0.1) is 5.41 Å². The van der Waals surface area contributed by atoms with E-state index in [-0.39, 0.29) is 17.7 Å². The van der Waals surface area contributed by atoms with E-state index in [1.807, 2.05) is 66.5 Å². The van der Waals surface area contributed by atoms with Gasteiger partial charge in [0.05, 0.1) is 6.54 Å². The number of Topliss-reactive ketones (excluding diaryl/α,β-unsaturated/α-hetero) is 1. The first kappa shape index (κ1) is 30.0. The van der Waals surface area contributed by atoms with E-state index in [2.05, 4.69) is 31.3 Å². The minimum atomic E-state index is -0.171. The van der Waals surface area contributed by atoms with Gasteiger partial charge in [0.25, 0.3) is 5.91 Å². The molecule has 0 aliphatic rings. The van der Waals surface area contributed by atoms with E-state index in [1.54, 1.807) is 6.07 Å². The highest BCUT2D eigenvalue weighted by molar-refractivity contribution is 6.04. The number of unbranched alkanes of at least 4 members (excludes halogenated alkanes) is 3. The van der Waals surface area contributed by atoms with Crippen LogP contribution in [0.2, 0.25) is 0 Å². The smallest absolute Gasteiger partial charge is 0.251 e. The molecule has 0 aliphatic carbocycles. The van der Waals surface area contributed by atoms with Gasteiger partial charge < -0.3 is 10.7 Å². The highest BCUT2D eigenvalue weighted by atomic mass is 16.1. The van der Waals surface area contributed by atoms with Crippen LogP contribution < -0.4 is 5.32 Å². The SMILES string of the molecule is CCCCC[C@H](Cc1ccccc1)NC(=O)c1cc(C(=O)CN(C)CCCC)cc(-c2ccccc2C=N)c1. The average Bonchev–Trinajstić information content (AvgIpc) is 2.96. The van der Waals surface area contributed by atoms with Crippen LogP contribution in [0.15, 0.2) is 72.8 Å². The first-order valence-corrected chi connectivity index (χ1v) is 14.3. The van der Waals surface area contributed by atoms with Crippen LogP contribution >= 0.6 is 0 Å². The maximum Gasteiger partial charge on any atom is 0.251 e. The normalized spacial score (nSPS) is 11.8. The molecule has 3 aromatic rings. The summed E-state index contributed by atoms with van der Waals surface area (Å²) in [6, 6.07) is 23.3. The molecule has 0 fully saturated rings. The van der Waals surface area contributed by atoms with Crippen molar-refractivity contribution in [3.63, 3.8) is 0 Å². The Morgan fingerprint density at radius 2 is 1.59 bits per heavy atom. The molecule has 1 amide bonds. The third-order valence-electron chi connectivity index (χ3n) is 7.07. The second-order valence-electron chi connectivity index (χ2n) is 10.4. The van der Waals surface area contributed by atoms with Gasteiger partial charge in [0.1, 0.15) is 0 Å². The van der Waals surface area contributed by atoms with Crippen molar-refractivity contribution in [3.05, 3.63) is 95.1 Å². The van der Waals surface area contributed by atoms with Crippen LogP contribution in [0.1, 0.15) is 84.2 Å². The fourth-order valence-corrected chi connectivity index (χ4v) is 4.84. The van der Waals surface area contributed by atoms with Gasteiger partial charge in [-0.15, -0.1) is 0 Å². The van der Waals surface area contributed by atoms with Gasteiger partial charge in [0, 0.05) is 23.4 Å². The Balaban J connectivity index is 1.93.